The zero-order valence-corrected chi connectivity index (χ0v) is 12.2. The number of nitrogens with two attached hydrogens (primary N) is 1. The maximum atomic E-state index is 11.8. The van der Waals surface area contributed by atoms with Crippen LogP contribution >= 0.6 is 0 Å². The second kappa shape index (κ2) is 6.56. The third kappa shape index (κ3) is 3.82. The summed E-state index contributed by atoms with van der Waals surface area (Å²) in [6.45, 7) is 2.47. The lowest BCUT2D eigenvalue weighted by molar-refractivity contribution is -0.155. The minimum absolute atomic E-state index is 0.0685. The largest absolute Gasteiger partial charge is 0.463 e. The molecule has 0 unspecified atom stereocenters. The number of ether oxygens (including phenoxy) is 3. The van der Waals surface area contributed by atoms with Crippen molar-refractivity contribution < 1.29 is 23.8 Å². The molecule has 2 N–H and O–H groups in total. The van der Waals surface area contributed by atoms with E-state index in [1.165, 1.54) is 30.7 Å². The lowest BCUT2D eigenvalue weighted by Crippen LogP contribution is -2.31. The van der Waals surface area contributed by atoms with Crippen LogP contribution in [0, 0.1) is 0 Å². The van der Waals surface area contributed by atoms with Gasteiger partial charge in [0.25, 0.3) is 0 Å². The van der Waals surface area contributed by atoms with Crippen LogP contribution in [0.5, 0.6) is 0 Å². The number of nitrogens with zero attached hydrogens (tertiary/aromatic N) is 2. The molecule has 0 spiro atoms. The van der Waals surface area contributed by atoms with E-state index >= 15 is 0 Å². The molecular formula is C13H17N3O6. The zero-order chi connectivity index (χ0) is 16.3. The monoisotopic (exact) mass is 313 g/mol. The van der Waals surface area contributed by atoms with Gasteiger partial charge in [0.15, 0.2) is 0 Å². The van der Waals surface area contributed by atoms with Crippen molar-refractivity contribution in [1.82, 2.24) is 9.55 Å². The summed E-state index contributed by atoms with van der Waals surface area (Å²) in [6, 6.07) is 1.46. The standard InChI is InChI=1S/C13H17N3O6/c1-7(17)20-6-10-9(21-8(2)18)5-12(22-10)16-4-3-11(14)15-13(16)19/h3-4,9-10,12H,5-6H2,1-2H3,(H2,14,15,19)/t9-,10-,12-/m1/s1/i9+1,10+1. The Hall–Kier alpha value is -2.42. The number of esters is 2. The highest BCUT2D eigenvalue weighted by atomic mass is 16.7. The van der Waals surface area contributed by atoms with E-state index < -0.39 is 36.1 Å². The van der Waals surface area contributed by atoms with Crippen LogP contribution in [0.4, 0.5) is 5.82 Å². The minimum atomic E-state index is -0.675. The summed E-state index contributed by atoms with van der Waals surface area (Å²) in [5.74, 6) is -0.850. The van der Waals surface area contributed by atoms with Crippen LogP contribution in [0.3, 0.4) is 0 Å². The van der Waals surface area contributed by atoms with Crippen LogP contribution in [0.25, 0.3) is 0 Å². The molecule has 3 atom stereocenters. The van der Waals surface area contributed by atoms with E-state index in [1.807, 2.05) is 0 Å². The number of aromatic nitrogens is 2. The first-order valence-electron chi connectivity index (χ1n) is 6.67. The topological polar surface area (TPSA) is 123 Å². The highest BCUT2D eigenvalue weighted by Crippen LogP contribution is 2.30. The van der Waals surface area contributed by atoms with Crippen molar-refractivity contribution >= 4 is 17.8 Å². The molecule has 1 aliphatic heterocycles. The lowest BCUT2D eigenvalue weighted by atomic mass is 10.4. The number of rotatable bonds is 4. The third-order valence-corrected chi connectivity index (χ3v) is 3.11. The van der Waals surface area contributed by atoms with E-state index in [4.69, 9.17) is 19.9 Å². The van der Waals surface area contributed by atoms with Crippen LogP contribution in [0.2, 0.25) is 0 Å². The molecule has 0 aromatic carbocycles. The van der Waals surface area contributed by atoms with Gasteiger partial charge in [-0.05, 0) is 6.07 Å². The summed E-state index contributed by atoms with van der Waals surface area (Å²) >= 11 is 0. The summed E-state index contributed by atoms with van der Waals surface area (Å²) in [7, 11) is 0. The predicted molar refractivity (Wildman–Crippen MR) is 73.6 cm³/mol. The molecule has 1 aromatic rings. The molecule has 2 heterocycles. The molecule has 0 saturated carbocycles. The van der Waals surface area contributed by atoms with Crippen molar-refractivity contribution in [2.45, 2.75) is 38.7 Å². The Balaban J connectivity index is 2.15. The van der Waals surface area contributed by atoms with Gasteiger partial charge in [-0.3, -0.25) is 14.2 Å². The molecule has 9 nitrogen and oxygen atoms in total. The van der Waals surface area contributed by atoms with Crippen LogP contribution in [-0.4, -0.2) is 40.3 Å². The van der Waals surface area contributed by atoms with Crippen LogP contribution in [-0.2, 0) is 23.8 Å². The fraction of sp³-hybridized carbons (Fsp3) is 0.538. The van der Waals surface area contributed by atoms with Crippen LogP contribution < -0.4 is 11.4 Å². The van der Waals surface area contributed by atoms with Crippen molar-refractivity contribution in [3.63, 3.8) is 0 Å². The van der Waals surface area contributed by atoms with E-state index in [0.717, 1.165) is 0 Å². The van der Waals surface area contributed by atoms with Crippen molar-refractivity contribution in [3.05, 3.63) is 22.7 Å². The van der Waals surface area contributed by atoms with Gasteiger partial charge in [0, 0.05) is 26.5 Å². The summed E-state index contributed by atoms with van der Waals surface area (Å²) in [4.78, 5) is 37.5. The van der Waals surface area contributed by atoms with Gasteiger partial charge < -0.3 is 19.9 Å². The molecular weight excluding hydrogens is 296 g/mol. The summed E-state index contributed by atoms with van der Waals surface area (Å²) in [6.07, 6.45) is -0.246. The molecule has 0 amide bonds. The first-order chi connectivity index (χ1) is 10.4. The Bertz CT molecular complexity index is 628. The summed E-state index contributed by atoms with van der Waals surface area (Å²) in [5, 5.41) is 0. The van der Waals surface area contributed by atoms with E-state index in [9.17, 15) is 14.4 Å². The molecule has 1 saturated heterocycles. The van der Waals surface area contributed by atoms with Gasteiger partial charge in [0.2, 0.25) is 0 Å². The Kier molecular flexibility index (Phi) is 4.76. The number of carbonyl (C=O) groups excluding carboxylic acids is 2. The molecule has 0 radical (unpaired) electrons. The van der Waals surface area contributed by atoms with Gasteiger partial charge in [-0.2, -0.15) is 4.98 Å². The number of nitrogen functional groups attached to an aromatic ring is 1. The fourth-order valence-corrected chi connectivity index (χ4v) is 2.20. The Morgan fingerprint density at radius 2 is 2.18 bits per heavy atom. The van der Waals surface area contributed by atoms with Gasteiger partial charge in [0.1, 0.15) is 30.9 Å². The van der Waals surface area contributed by atoms with Crippen molar-refractivity contribution in [2.75, 3.05) is 12.3 Å². The highest BCUT2D eigenvalue weighted by Gasteiger charge is 2.39. The maximum Gasteiger partial charge on any atom is 0.351 e. The van der Waals surface area contributed by atoms with E-state index in [1.54, 1.807) is 0 Å². The van der Waals surface area contributed by atoms with E-state index in [0.29, 0.717) is 0 Å². The van der Waals surface area contributed by atoms with E-state index in [-0.39, 0.29) is 18.8 Å². The fourth-order valence-electron chi connectivity index (χ4n) is 2.20. The molecule has 0 aliphatic carbocycles. The first-order valence-corrected chi connectivity index (χ1v) is 6.67. The predicted octanol–water partition coefficient (Wildman–Crippen LogP) is -0.392. The quantitative estimate of drug-likeness (QED) is 0.589. The van der Waals surface area contributed by atoms with Gasteiger partial charge >= 0.3 is 17.6 Å². The molecule has 1 aliphatic rings. The third-order valence-electron chi connectivity index (χ3n) is 3.11. The van der Waals surface area contributed by atoms with Gasteiger partial charge in [-0.15, -0.1) is 0 Å². The van der Waals surface area contributed by atoms with Crippen molar-refractivity contribution in [2.24, 2.45) is 0 Å². The van der Waals surface area contributed by atoms with E-state index in [2.05, 4.69) is 4.98 Å². The summed E-state index contributed by atoms with van der Waals surface area (Å²) in [5.41, 5.74) is 4.87. The molecule has 9 heteroatoms. The second-order valence-electron chi connectivity index (χ2n) is 4.86. The minimum Gasteiger partial charge on any atom is -0.463 e. The number of hydrogen-bond donors (Lipinski definition) is 1. The number of carbonyl (C=O) groups is 2. The molecule has 22 heavy (non-hydrogen) atoms. The molecule has 1 aromatic heterocycles. The number of hydrogen-bond acceptors (Lipinski definition) is 8. The lowest BCUT2D eigenvalue weighted by Gasteiger charge is -2.17. The van der Waals surface area contributed by atoms with Crippen LogP contribution in [0.1, 0.15) is 26.5 Å². The number of anilines is 1. The Morgan fingerprint density at radius 3 is 2.77 bits per heavy atom. The van der Waals surface area contributed by atoms with Gasteiger partial charge in [-0.25, -0.2) is 4.79 Å². The second-order valence-corrected chi connectivity index (χ2v) is 4.86. The average molecular weight is 313 g/mol. The SMILES string of the molecule is CC(=O)OC[13C@H]1O[C@@H](n2ccc(N)nc2=O)C[13C@H]1OC(C)=O. The Labute approximate surface area is 126 Å². The van der Waals surface area contributed by atoms with Gasteiger partial charge in [0.05, 0.1) is 0 Å². The zero-order valence-electron chi connectivity index (χ0n) is 12.2. The molecule has 1 fully saturated rings. The normalized spacial score (nSPS) is 24.0. The van der Waals surface area contributed by atoms with Crippen LogP contribution in [0.15, 0.2) is 17.1 Å². The smallest absolute Gasteiger partial charge is 0.351 e. The Morgan fingerprint density at radius 1 is 1.45 bits per heavy atom. The first kappa shape index (κ1) is 16.0. The van der Waals surface area contributed by atoms with Crippen molar-refractivity contribution in [1.29, 1.82) is 0 Å². The summed E-state index contributed by atoms with van der Waals surface area (Å²) < 4.78 is 17.0. The maximum absolute atomic E-state index is 11.8. The molecule has 120 valence electrons. The van der Waals surface area contributed by atoms with Gasteiger partial charge in [-0.1, -0.05) is 0 Å². The highest BCUT2D eigenvalue weighted by molar-refractivity contribution is 5.66. The molecule has 0 bridgehead atoms. The molecule has 2 rings (SSSR count). The average Bonchev–Trinajstić information content (AvgIpc) is 2.78. The van der Waals surface area contributed by atoms with Crippen molar-refractivity contribution in [3.8, 4) is 0 Å².